The van der Waals surface area contributed by atoms with Crippen LogP contribution in [0.4, 0.5) is 0 Å². The van der Waals surface area contributed by atoms with Gasteiger partial charge in [-0.05, 0) is 51.1 Å². The van der Waals surface area contributed by atoms with Gasteiger partial charge in [-0.1, -0.05) is 19.9 Å². The van der Waals surface area contributed by atoms with Crippen LogP contribution in [0.15, 0.2) is 18.2 Å². The quantitative estimate of drug-likeness (QED) is 0.649. The fourth-order valence-corrected chi connectivity index (χ4v) is 2.23. The van der Waals surface area contributed by atoms with Crippen molar-refractivity contribution in [1.29, 1.82) is 0 Å². The van der Waals surface area contributed by atoms with Gasteiger partial charge in [0.25, 0.3) is 0 Å². The first-order valence-corrected chi connectivity index (χ1v) is 8.72. The maximum absolute atomic E-state index is 10.1. The van der Waals surface area contributed by atoms with Crippen LogP contribution < -0.4 is 14.8 Å². The molecule has 0 saturated carbocycles. The summed E-state index contributed by atoms with van der Waals surface area (Å²) in [5.74, 6) is 1.98. The number of nitrogens with zero attached hydrogens (tertiary/aromatic N) is 1. The van der Waals surface area contributed by atoms with Gasteiger partial charge in [0.05, 0.1) is 7.11 Å². The lowest BCUT2D eigenvalue weighted by molar-refractivity contribution is 0.0668. The molecule has 138 valence electrons. The van der Waals surface area contributed by atoms with Crippen molar-refractivity contribution in [3.05, 3.63) is 23.8 Å². The molecule has 0 saturated heterocycles. The first kappa shape index (κ1) is 20.7. The second-order valence-corrected chi connectivity index (χ2v) is 7.01. The predicted octanol–water partition coefficient (Wildman–Crippen LogP) is 2.52. The monoisotopic (exact) mass is 338 g/mol. The van der Waals surface area contributed by atoms with E-state index in [1.54, 1.807) is 7.11 Å². The zero-order valence-electron chi connectivity index (χ0n) is 16.0. The standard InChI is InChI=1S/C19H34N2O3/c1-14(2)10-20-11-16-7-8-18(23-6)19(9-16)24-13-17(22)12-21(5)15(3)4/h7-9,14-15,17,20,22H,10-13H2,1-6H3. The van der Waals surface area contributed by atoms with Gasteiger partial charge in [0, 0.05) is 19.1 Å². The Morgan fingerprint density at radius 2 is 1.88 bits per heavy atom. The van der Waals surface area contributed by atoms with Gasteiger partial charge >= 0.3 is 0 Å². The molecule has 0 aliphatic carbocycles. The summed E-state index contributed by atoms with van der Waals surface area (Å²) in [6.45, 7) is 11.2. The topological polar surface area (TPSA) is 54.0 Å². The number of hydrogen-bond acceptors (Lipinski definition) is 5. The molecule has 0 bridgehead atoms. The first-order chi connectivity index (χ1) is 11.3. The molecule has 0 aliphatic heterocycles. The molecular formula is C19H34N2O3. The van der Waals surface area contributed by atoms with E-state index >= 15 is 0 Å². The highest BCUT2D eigenvalue weighted by atomic mass is 16.5. The molecule has 5 nitrogen and oxygen atoms in total. The van der Waals surface area contributed by atoms with Gasteiger partial charge in [0.15, 0.2) is 11.5 Å². The Hall–Kier alpha value is -1.30. The fourth-order valence-electron chi connectivity index (χ4n) is 2.23. The summed E-state index contributed by atoms with van der Waals surface area (Å²) in [5.41, 5.74) is 1.14. The lowest BCUT2D eigenvalue weighted by atomic mass is 10.2. The van der Waals surface area contributed by atoms with Crippen LogP contribution in [0, 0.1) is 5.92 Å². The Morgan fingerprint density at radius 3 is 2.46 bits per heavy atom. The van der Waals surface area contributed by atoms with E-state index < -0.39 is 6.10 Å². The summed E-state index contributed by atoms with van der Waals surface area (Å²) in [5, 5.41) is 13.6. The van der Waals surface area contributed by atoms with Crippen molar-refractivity contribution < 1.29 is 14.6 Å². The highest BCUT2D eigenvalue weighted by Gasteiger charge is 2.13. The van der Waals surface area contributed by atoms with Crippen LogP contribution in [0.25, 0.3) is 0 Å². The number of hydrogen-bond donors (Lipinski definition) is 2. The number of aliphatic hydroxyl groups is 1. The van der Waals surface area contributed by atoms with E-state index in [1.807, 2.05) is 25.2 Å². The number of ether oxygens (including phenoxy) is 2. The Balaban J connectivity index is 2.61. The molecule has 1 aromatic carbocycles. The molecule has 0 aromatic heterocycles. The molecule has 1 rings (SSSR count). The number of benzene rings is 1. The third kappa shape index (κ3) is 7.51. The summed E-state index contributed by atoms with van der Waals surface area (Å²) in [6.07, 6.45) is -0.537. The Kier molecular flexibility index (Phi) is 9.11. The van der Waals surface area contributed by atoms with Gasteiger partial charge in [0.2, 0.25) is 0 Å². The van der Waals surface area contributed by atoms with Crippen LogP contribution >= 0.6 is 0 Å². The van der Waals surface area contributed by atoms with E-state index in [0.29, 0.717) is 30.0 Å². The minimum atomic E-state index is -0.537. The van der Waals surface area contributed by atoms with Gasteiger partial charge in [-0.2, -0.15) is 0 Å². The lowest BCUT2D eigenvalue weighted by Gasteiger charge is -2.24. The Labute approximate surface area is 147 Å². The molecular weight excluding hydrogens is 304 g/mol. The number of aliphatic hydroxyl groups excluding tert-OH is 1. The van der Waals surface area contributed by atoms with E-state index in [1.165, 1.54) is 0 Å². The van der Waals surface area contributed by atoms with Crippen LogP contribution in [0.1, 0.15) is 33.3 Å². The van der Waals surface area contributed by atoms with Crippen LogP contribution in [-0.2, 0) is 6.54 Å². The van der Waals surface area contributed by atoms with Crippen LogP contribution in [-0.4, -0.2) is 56.0 Å². The molecule has 1 atom stereocenters. The second kappa shape index (κ2) is 10.5. The van der Waals surface area contributed by atoms with Crippen molar-refractivity contribution in [2.24, 2.45) is 5.92 Å². The third-order valence-electron chi connectivity index (χ3n) is 3.92. The molecule has 0 radical (unpaired) electrons. The molecule has 5 heteroatoms. The number of likely N-dealkylation sites (N-methyl/N-ethyl adjacent to an activating group) is 1. The summed E-state index contributed by atoms with van der Waals surface area (Å²) >= 11 is 0. The smallest absolute Gasteiger partial charge is 0.161 e. The maximum Gasteiger partial charge on any atom is 0.161 e. The summed E-state index contributed by atoms with van der Waals surface area (Å²) < 4.78 is 11.2. The molecule has 0 aliphatic rings. The van der Waals surface area contributed by atoms with Gasteiger partial charge in [0.1, 0.15) is 12.7 Å². The first-order valence-electron chi connectivity index (χ1n) is 8.72. The molecule has 0 spiro atoms. The van der Waals surface area contributed by atoms with E-state index in [9.17, 15) is 5.11 Å². The van der Waals surface area contributed by atoms with Crippen molar-refractivity contribution in [3.8, 4) is 11.5 Å². The Morgan fingerprint density at radius 1 is 1.17 bits per heavy atom. The second-order valence-electron chi connectivity index (χ2n) is 7.01. The zero-order chi connectivity index (χ0) is 18.1. The molecule has 0 amide bonds. The SMILES string of the molecule is COc1ccc(CNCC(C)C)cc1OCC(O)CN(C)C(C)C. The van der Waals surface area contributed by atoms with Gasteiger partial charge in [-0.25, -0.2) is 0 Å². The molecule has 1 aromatic rings. The van der Waals surface area contributed by atoms with Gasteiger partial charge in [-0.15, -0.1) is 0 Å². The summed E-state index contributed by atoms with van der Waals surface area (Å²) in [4.78, 5) is 2.09. The van der Waals surface area contributed by atoms with Crippen LogP contribution in [0.2, 0.25) is 0 Å². The molecule has 24 heavy (non-hydrogen) atoms. The van der Waals surface area contributed by atoms with E-state index in [2.05, 4.69) is 37.9 Å². The van der Waals surface area contributed by atoms with Crippen molar-refractivity contribution in [3.63, 3.8) is 0 Å². The van der Waals surface area contributed by atoms with E-state index in [4.69, 9.17) is 9.47 Å². The summed E-state index contributed by atoms with van der Waals surface area (Å²) in [7, 11) is 3.62. The predicted molar refractivity (Wildman–Crippen MR) is 98.8 cm³/mol. The maximum atomic E-state index is 10.1. The minimum absolute atomic E-state index is 0.246. The highest BCUT2D eigenvalue weighted by Crippen LogP contribution is 2.28. The molecule has 1 unspecified atom stereocenters. The number of rotatable bonds is 11. The number of methoxy groups -OCH3 is 1. The van der Waals surface area contributed by atoms with Crippen molar-refractivity contribution in [1.82, 2.24) is 10.2 Å². The van der Waals surface area contributed by atoms with Crippen LogP contribution in [0.3, 0.4) is 0 Å². The van der Waals surface area contributed by atoms with Gasteiger partial charge < -0.3 is 24.8 Å². The average Bonchev–Trinajstić information content (AvgIpc) is 2.52. The lowest BCUT2D eigenvalue weighted by Crippen LogP contribution is -2.37. The largest absolute Gasteiger partial charge is 0.493 e. The third-order valence-corrected chi connectivity index (χ3v) is 3.92. The number of nitrogens with one attached hydrogen (secondary N) is 1. The van der Waals surface area contributed by atoms with Crippen molar-refractivity contribution >= 4 is 0 Å². The minimum Gasteiger partial charge on any atom is -0.493 e. The zero-order valence-corrected chi connectivity index (χ0v) is 16.0. The van der Waals surface area contributed by atoms with E-state index in [-0.39, 0.29) is 6.61 Å². The molecule has 2 N–H and O–H groups in total. The van der Waals surface area contributed by atoms with E-state index in [0.717, 1.165) is 18.7 Å². The summed E-state index contributed by atoms with van der Waals surface area (Å²) in [6, 6.07) is 6.31. The highest BCUT2D eigenvalue weighted by molar-refractivity contribution is 5.43. The van der Waals surface area contributed by atoms with Crippen molar-refractivity contribution in [2.75, 3.05) is 33.9 Å². The normalized spacial score (nSPS) is 12.9. The molecule has 0 heterocycles. The van der Waals surface area contributed by atoms with Crippen LogP contribution in [0.5, 0.6) is 11.5 Å². The average molecular weight is 338 g/mol. The Bertz CT molecular complexity index is 478. The fraction of sp³-hybridized carbons (Fsp3) is 0.684. The molecule has 0 fully saturated rings. The van der Waals surface area contributed by atoms with Crippen molar-refractivity contribution in [2.45, 2.75) is 46.4 Å². The van der Waals surface area contributed by atoms with Gasteiger partial charge in [-0.3, -0.25) is 0 Å².